The normalized spacial score (nSPS) is 10.3. The number of methoxy groups -OCH3 is 1. The number of hydrogen-bond donors (Lipinski definition) is 1. The van der Waals surface area contributed by atoms with Gasteiger partial charge in [-0.05, 0) is 25.1 Å². The molecule has 1 heterocycles. The van der Waals surface area contributed by atoms with Gasteiger partial charge in [0.1, 0.15) is 5.75 Å². The fraction of sp³-hybridized carbons (Fsp3) is 0.214. The second-order valence-electron chi connectivity index (χ2n) is 4.33. The van der Waals surface area contributed by atoms with Crippen LogP contribution in [0.4, 0.5) is 0 Å². The van der Waals surface area contributed by atoms with Crippen molar-refractivity contribution in [2.45, 2.75) is 13.5 Å². The molecule has 0 aliphatic heterocycles. The van der Waals surface area contributed by atoms with Gasteiger partial charge in [0, 0.05) is 17.3 Å². The third kappa shape index (κ3) is 2.85. The van der Waals surface area contributed by atoms with E-state index in [1.807, 2.05) is 0 Å². The van der Waals surface area contributed by atoms with Crippen LogP contribution in [0, 0.1) is 6.92 Å². The highest BCUT2D eigenvalue weighted by atomic mass is 16.5. The monoisotopic (exact) mass is 274 g/mol. The van der Waals surface area contributed by atoms with E-state index in [1.54, 1.807) is 13.0 Å². The summed E-state index contributed by atoms with van der Waals surface area (Å²) in [4.78, 5) is 26.9. The van der Waals surface area contributed by atoms with Crippen molar-refractivity contribution >= 4 is 5.97 Å². The predicted octanol–water partition coefficient (Wildman–Crippen LogP) is 1.31. The van der Waals surface area contributed by atoms with Crippen LogP contribution in [0.25, 0.3) is 0 Å². The van der Waals surface area contributed by atoms with Crippen molar-refractivity contribution in [3.8, 4) is 5.75 Å². The number of rotatable bonds is 4. The highest BCUT2D eigenvalue weighted by Gasteiger charge is 2.10. The quantitative estimate of drug-likeness (QED) is 0.909. The smallest absolute Gasteiger partial charge is 0.335 e. The molecule has 0 bridgehead atoms. The Morgan fingerprint density at radius 2 is 2.15 bits per heavy atom. The van der Waals surface area contributed by atoms with Crippen LogP contribution in [-0.2, 0) is 6.54 Å². The molecule has 6 heteroatoms. The molecule has 1 N–H and O–H groups in total. The third-order valence-corrected chi connectivity index (χ3v) is 2.88. The topological polar surface area (TPSA) is 81.4 Å². The Hall–Kier alpha value is -2.63. The van der Waals surface area contributed by atoms with E-state index in [9.17, 15) is 9.59 Å². The summed E-state index contributed by atoms with van der Waals surface area (Å²) < 4.78 is 6.59. The van der Waals surface area contributed by atoms with Gasteiger partial charge in [-0.25, -0.2) is 9.78 Å². The highest BCUT2D eigenvalue weighted by Crippen LogP contribution is 2.20. The largest absolute Gasteiger partial charge is 0.496 e. The summed E-state index contributed by atoms with van der Waals surface area (Å²) in [5, 5.41) is 9.01. The predicted molar refractivity (Wildman–Crippen MR) is 72.3 cm³/mol. The zero-order chi connectivity index (χ0) is 14.7. The number of aromatic nitrogens is 2. The van der Waals surface area contributed by atoms with E-state index in [-0.39, 0.29) is 17.7 Å². The molecule has 6 nitrogen and oxygen atoms in total. The minimum atomic E-state index is -1.02. The fourth-order valence-electron chi connectivity index (χ4n) is 1.85. The number of benzene rings is 1. The van der Waals surface area contributed by atoms with E-state index >= 15 is 0 Å². The van der Waals surface area contributed by atoms with E-state index in [2.05, 4.69) is 4.98 Å². The van der Waals surface area contributed by atoms with E-state index in [0.717, 1.165) is 0 Å². The lowest BCUT2D eigenvalue weighted by molar-refractivity contribution is 0.0696. The van der Waals surface area contributed by atoms with Gasteiger partial charge < -0.3 is 9.84 Å². The van der Waals surface area contributed by atoms with Gasteiger partial charge in [0.2, 0.25) is 0 Å². The number of aromatic carboxylic acids is 1. The molecule has 2 aromatic rings. The number of ether oxygens (including phenoxy) is 1. The maximum atomic E-state index is 11.8. The minimum Gasteiger partial charge on any atom is -0.496 e. The number of hydrogen-bond acceptors (Lipinski definition) is 4. The summed E-state index contributed by atoms with van der Waals surface area (Å²) >= 11 is 0. The van der Waals surface area contributed by atoms with Crippen molar-refractivity contribution in [2.75, 3.05) is 7.11 Å². The first-order chi connectivity index (χ1) is 9.51. The summed E-state index contributed by atoms with van der Waals surface area (Å²) in [5.74, 6) is -0.495. The summed E-state index contributed by atoms with van der Waals surface area (Å²) in [7, 11) is 1.50. The van der Waals surface area contributed by atoms with Gasteiger partial charge in [0.25, 0.3) is 5.56 Å². The lowest BCUT2D eigenvalue weighted by Gasteiger charge is -2.11. The van der Waals surface area contributed by atoms with Crippen molar-refractivity contribution in [3.05, 3.63) is 57.8 Å². The molecule has 1 aromatic carbocycles. The van der Waals surface area contributed by atoms with Crippen molar-refractivity contribution in [3.63, 3.8) is 0 Å². The van der Waals surface area contributed by atoms with Crippen molar-refractivity contribution in [1.82, 2.24) is 9.55 Å². The molecule has 2 rings (SSSR count). The molecule has 0 aliphatic carbocycles. The summed E-state index contributed by atoms with van der Waals surface area (Å²) in [6.07, 6.45) is 1.44. The van der Waals surface area contributed by atoms with Crippen molar-refractivity contribution in [2.24, 2.45) is 0 Å². The van der Waals surface area contributed by atoms with Crippen LogP contribution in [0.5, 0.6) is 5.75 Å². The Morgan fingerprint density at radius 3 is 2.75 bits per heavy atom. The Labute approximate surface area is 115 Å². The fourth-order valence-corrected chi connectivity index (χ4v) is 1.85. The average molecular weight is 274 g/mol. The number of carbonyl (C=O) groups is 1. The maximum Gasteiger partial charge on any atom is 0.335 e. The highest BCUT2D eigenvalue weighted by molar-refractivity contribution is 5.88. The van der Waals surface area contributed by atoms with Gasteiger partial charge in [-0.15, -0.1) is 0 Å². The zero-order valence-electron chi connectivity index (χ0n) is 11.2. The first-order valence-electron chi connectivity index (χ1n) is 5.94. The summed E-state index contributed by atoms with van der Waals surface area (Å²) in [5.41, 5.74) is 1.20. The van der Waals surface area contributed by atoms with Crippen LogP contribution in [0.1, 0.15) is 21.6 Å². The Balaban J connectivity index is 2.43. The minimum absolute atomic E-state index is 0.147. The molecule has 0 aliphatic rings. The Morgan fingerprint density at radius 1 is 1.40 bits per heavy atom. The molecule has 0 saturated heterocycles. The van der Waals surface area contributed by atoms with Gasteiger partial charge in [-0.1, -0.05) is 0 Å². The SMILES string of the molecule is COc1ccc(C(=O)O)cc1Cn1cnc(C)cc1=O. The van der Waals surface area contributed by atoms with Crippen LogP contribution in [0.2, 0.25) is 0 Å². The molecule has 0 spiro atoms. The number of carboxylic acid groups (broad SMARTS) is 1. The number of aryl methyl sites for hydroxylation is 1. The van der Waals surface area contributed by atoms with Crippen LogP contribution in [-0.4, -0.2) is 27.7 Å². The maximum absolute atomic E-state index is 11.8. The average Bonchev–Trinajstić information content (AvgIpc) is 2.41. The molecular weight excluding hydrogens is 260 g/mol. The van der Waals surface area contributed by atoms with Crippen LogP contribution in [0.15, 0.2) is 35.4 Å². The molecule has 1 aromatic heterocycles. The number of carboxylic acids is 1. The van der Waals surface area contributed by atoms with E-state index < -0.39 is 5.97 Å². The van der Waals surface area contributed by atoms with Crippen molar-refractivity contribution in [1.29, 1.82) is 0 Å². The lowest BCUT2D eigenvalue weighted by atomic mass is 10.1. The molecule has 0 amide bonds. The van der Waals surface area contributed by atoms with Crippen LogP contribution in [0.3, 0.4) is 0 Å². The van der Waals surface area contributed by atoms with Crippen LogP contribution < -0.4 is 10.3 Å². The van der Waals surface area contributed by atoms with Crippen LogP contribution >= 0.6 is 0 Å². The second-order valence-corrected chi connectivity index (χ2v) is 4.33. The molecule has 104 valence electrons. The van der Waals surface area contributed by atoms with Gasteiger partial charge >= 0.3 is 5.97 Å². The molecule has 0 atom stereocenters. The molecule has 0 radical (unpaired) electrons. The first-order valence-corrected chi connectivity index (χ1v) is 5.94. The van der Waals surface area contributed by atoms with E-state index in [4.69, 9.17) is 9.84 Å². The standard InChI is InChI=1S/C14H14N2O4/c1-9-5-13(17)16(8-15-9)7-11-6-10(14(18)19)3-4-12(11)20-2/h3-6,8H,7H2,1-2H3,(H,18,19). The molecule has 0 unspecified atom stereocenters. The van der Waals surface area contributed by atoms with Crippen molar-refractivity contribution < 1.29 is 14.6 Å². The van der Waals surface area contributed by atoms with E-state index in [1.165, 1.54) is 36.2 Å². The van der Waals surface area contributed by atoms with Gasteiger partial charge in [0.15, 0.2) is 0 Å². The summed E-state index contributed by atoms with van der Waals surface area (Å²) in [6.45, 7) is 1.94. The second kappa shape index (κ2) is 5.56. The first kappa shape index (κ1) is 13.8. The molecule has 0 saturated carbocycles. The summed E-state index contributed by atoms with van der Waals surface area (Å²) in [6, 6.07) is 5.95. The van der Waals surface area contributed by atoms with Gasteiger partial charge in [-0.2, -0.15) is 0 Å². The molecule has 0 fully saturated rings. The zero-order valence-corrected chi connectivity index (χ0v) is 11.2. The van der Waals surface area contributed by atoms with E-state index in [0.29, 0.717) is 17.0 Å². The Kier molecular flexibility index (Phi) is 3.84. The third-order valence-electron chi connectivity index (χ3n) is 2.88. The van der Waals surface area contributed by atoms with Gasteiger partial charge in [0.05, 0.1) is 25.5 Å². The molecular formula is C14H14N2O4. The number of nitrogens with zero attached hydrogens (tertiary/aromatic N) is 2. The molecule has 20 heavy (non-hydrogen) atoms. The Bertz CT molecular complexity index is 707. The lowest BCUT2D eigenvalue weighted by Crippen LogP contribution is -2.21. The van der Waals surface area contributed by atoms with Gasteiger partial charge in [-0.3, -0.25) is 9.36 Å².